The van der Waals surface area contributed by atoms with Crippen LogP contribution < -0.4 is 10.2 Å². The molecule has 28 heavy (non-hydrogen) atoms. The minimum atomic E-state index is -0.350. The largest absolute Gasteiger partial charge is 0.326 e. The summed E-state index contributed by atoms with van der Waals surface area (Å²) < 4.78 is 13.0. The number of aromatic nitrogens is 1. The van der Waals surface area contributed by atoms with Gasteiger partial charge < -0.3 is 10.2 Å². The highest BCUT2D eigenvalue weighted by atomic mass is 35.5. The Balaban J connectivity index is 1.55. The van der Waals surface area contributed by atoms with E-state index < -0.39 is 0 Å². The van der Waals surface area contributed by atoms with Crippen LogP contribution in [0.4, 0.5) is 20.6 Å². The number of benzene rings is 2. The van der Waals surface area contributed by atoms with Gasteiger partial charge in [0.25, 0.3) is 0 Å². The zero-order valence-corrected chi connectivity index (χ0v) is 15.5. The van der Waals surface area contributed by atoms with Crippen molar-refractivity contribution in [1.82, 2.24) is 9.88 Å². The Morgan fingerprint density at radius 1 is 1.07 bits per heavy atom. The second-order valence-corrected chi connectivity index (χ2v) is 6.61. The maximum Gasteiger partial charge on any atom is 0.326 e. The summed E-state index contributed by atoms with van der Waals surface area (Å²) in [6, 6.07) is 12.8. The minimum Gasteiger partial charge on any atom is -0.322 e. The molecule has 0 radical (unpaired) electrons. The SMILES string of the molecule is O=C(Nc1ccc(F)cc1)N1C=CN(c2ccnc3cc(Cl)ccc23)C=CC1. The summed E-state index contributed by atoms with van der Waals surface area (Å²) in [7, 11) is 0. The molecule has 3 aromatic rings. The third kappa shape index (κ3) is 3.82. The Bertz CT molecular complexity index is 1080. The summed E-state index contributed by atoms with van der Waals surface area (Å²) in [6.07, 6.45) is 9.00. The number of nitrogens with zero attached hydrogens (tertiary/aromatic N) is 3. The molecule has 1 N–H and O–H groups in total. The van der Waals surface area contributed by atoms with Crippen molar-refractivity contribution in [3.8, 4) is 0 Å². The van der Waals surface area contributed by atoms with Crippen LogP contribution in [-0.4, -0.2) is 22.5 Å². The van der Waals surface area contributed by atoms with Crippen molar-refractivity contribution in [2.24, 2.45) is 0 Å². The molecule has 1 aliphatic rings. The second kappa shape index (κ2) is 7.70. The van der Waals surface area contributed by atoms with Crippen molar-refractivity contribution in [2.45, 2.75) is 0 Å². The van der Waals surface area contributed by atoms with Crippen molar-refractivity contribution in [1.29, 1.82) is 0 Å². The summed E-state index contributed by atoms with van der Waals surface area (Å²) >= 11 is 6.06. The normalized spacial score (nSPS) is 13.6. The van der Waals surface area contributed by atoms with E-state index in [1.165, 1.54) is 29.2 Å². The van der Waals surface area contributed by atoms with Gasteiger partial charge in [-0.2, -0.15) is 0 Å². The number of carbonyl (C=O) groups is 1. The quantitative estimate of drug-likeness (QED) is 0.636. The monoisotopic (exact) mass is 394 g/mol. The van der Waals surface area contributed by atoms with Crippen molar-refractivity contribution in [3.05, 3.63) is 90.2 Å². The van der Waals surface area contributed by atoms with E-state index in [0.717, 1.165) is 16.6 Å². The average molecular weight is 395 g/mol. The molecule has 0 saturated carbocycles. The smallest absolute Gasteiger partial charge is 0.322 e. The lowest BCUT2D eigenvalue weighted by Crippen LogP contribution is -2.30. The predicted molar refractivity (Wildman–Crippen MR) is 110 cm³/mol. The number of urea groups is 1. The Hall–Kier alpha value is -3.38. The van der Waals surface area contributed by atoms with Gasteiger partial charge in [-0.15, -0.1) is 0 Å². The van der Waals surface area contributed by atoms with E-state index in [0.29, 0.717) is 17.3 Å². The van der Waals surface area contributed by atoms with Crippen molar-refractivity contribution >= 4 is 39.9 Å². The fourth-order valence-corrected chi connectivity index (χ4v) is 3.07. The summed E-state index contributed by atoms with van der Waals surface area (Å²) in [6.45, 7) is 0.398. The van der Waals surface area contributed by atoms with Crippen LogP contribution in [0.2, 0.25) is 5.02 Å². The Labute approximate surface area is 166 Å². The van der Waals surface area contributed by atoms with Crippen molar-refractivity contribution in [2.75, 3.05) is 16.8 Å². The molecule has 1 aromatic heterocycles. The first-order valence-corrected chi connectivity index (χ1v) is 8.99. The molecular formula is C21H16ClFN4O. The molecule has 7 heteroatoms. The Kier molecular flexibility index (Phi) is 4.95. The van der Waals surface area contributed by atoms with E-state index in [2.05, 4.69) is 10.3 Å². The maximum absolute atomic E-state index is 13.0. The Morgan fingerprint density at radius 3 is 2.71 bits per heavy atom. The molecule has 0 unspecified atom stereocenters. The molecular weight excluding hydrogens is 379 g/mol. The topological polar surface area (TPSA) is 48.5 Å². The summed E-state index contributed by atoms with van der Waals surface area (Å²) in [5.74, 6) is -0.350. The van der Waals surface area contributed by atoms with Gasteiger partial charge in [-0.05, 0) is 54.6 Å². The van der Waals surface area contributed by atoms with Crippen LogP contribution in [0.5, 0.6) is 0 Å². The van der Waals surface area contributed by atoms with Crippen LogP contribution in [0.15, 0.2) is 79.4 Å². The lowest BCUT2D eigenvalue weighted by atomic mass is 10.2. The van der Waals surface area contributed by atoms with Crippen LogP contribution >= 0.6 is 11.6 Å². The van der Waals surface area contributed by atoms with Gasteiger partial charge in [0.05, 0.1) is 11.2 Å². The van der Waals surface area contributed by atoms with E-state index >= 15 is 0 Å². The predicted octanol–water partition coefficient (Wildman–Crippen LogP) is 5.37. The standard InChI is InChI=1S/C21H16ClFN4O/c22-15-2-7-18-19(14-15)24-9-8-20(18)26-10-1-11-27(13-12-26)21(28)25-17-5-3-16(23)4-6-17/h1-10,12-14H,11H2,(H,25,28). The summed E-state index contributed by atoms with van der Waals surface area (Å²) in [4.78, 5) is 20.3. The molecule has 0 aliphatic carbocycles. The third-order valence-corrected chi connectivity index (χ3v) is 4.53. The number of halogens is 2. The molecule has 0 fully saturated rings. The number of amides is 2. The molecule has 2 aromatic carbocycles. The van der Waals surface area contributed by atoms with Gasteiger partial charge in [0.15, 0.2) is 0 Å². The van der Waals surface area contributed by atoms with Crippen LogP contribution in [0, 0.1) is 5.82 Å². The zero-order valence-electron chi connectivity index (χ0n) is 14.7. The van der Waals surface area contributed by atoms with Gasteiger partial charge in [-0.3, -0.25) is 9.88 Å². The van der Waals surface area contributed by atoms with Crippen LogP contribution in [-0.2, 0) is 0 Å². The highest BCUT2D eigenvalue weighted by molar-refractivity contribution is 6.31. The molecule has 4 rings (SSSR count). The molecule has 0 spiro atoms. The van der Waals surface area contributed by atoms with Gasteiger partial charge in [0, 0.05) is 47.4 Å². The molecule has 0 bridgehead atoms. The number of nitrogens with one attached hydrogen (secondary N) is 1. The van der Waals surface area contributed by atoms with Crippen molar-refractivity contribution < 1.29 is 9.18 Å². The van der Waals surface area contributed by atoms with E-state index in [-0.39, 0.29) is 11.8 Å². The fourth-order valence-electron chi connectivity index (χ4n) is 2.91. The van der Waals surface area contributed by atoms with Gasteiger partial charge >= 0.3 is 6.03 Å². The summed E-state index contributed by atoms with van der Waals surface area (Å²) in [5.41, 5.74) is 2.25. The molecule has 0 saturated heterocycles. The van der Waals surface area contributed by atoms with Gasteiger partial charge in [-0.1, -0.05) is 11.6 Å². The molecule has 2 amide bonds. The van der Waals surface area contributed by atoms with Crippen LogP contribution in [0.3, 0.4) is 0 Å². The minimum absolute atomic E-state index is 0.305. The second-order valence-electron chi connectivity index (χ2n) is 6.17. The molecule has 140 valence electrons. The number of fused-ring (bicyclic) bond motifs is 1. The zero-order chi connectivity index (χ0) is 19.5. The summed E-state index contributed by atoms with van der Waals surface area (Å²) in [5, 5.41) is 4.33. The number of carbonyl (C=O) groups excluding carboxylic acids is 1. The first-order chi connectivity index (χ1) is 13.6. The van der Waals surface area contributed by atoms with E-state index in [1.54, 1.807) is 18.6 Å². The van der Waals surface area contributed by atoms with Crippen LogP contribution in [0.1, 0.15) is 0 Å². The van der Waals surface area contributed by atoms with E-state index in [9.17, 15) is 9.18 Å². The first kappa shape index (κ1) is 18.0. The van der Waals surface area contributed by atoms with E-state index in [1.807, 2.05) is 41.4 Å². The highest BCUT2D eigenvalue weighted by Gasteiger charge is 2.14. The lowest BCUT2D eigenvalue weighted by molar-refractivity contribution is 0.232. The molecule has 2 heterocycles. The fraction of sp³-hybridized carbons (Fsp3) is 0.0476. The number of pyridine rings is 1. The first-order valence-electron chi connectivity index (χ1n) is 8.61. The lowest BCUT2D eigenvalue weighted by Gasteiger charge is -2.18. The molecule has 5 nitrogen and oxygen atoms in total. The number of rotatable bonds is 2. The van der Waals surface area contributed by atoms with Gasteiger partial charge in [0.2, 0.25) is 0 Å². The average Bonchev–Trinajstić information content (AvgIpc) is 2.95. The number of anilines is 2. The van der Waals surface area contributed by atoms with Gasteiger partial charge in [-0.25, -0.2) is 9.18 Å². The molecule has 1 aliphatic heterocycles. The highest BCUT2D eigenvalue weighted by Crippen LogP contribution is 2.28. The molecule has 0 atom stereocenters. The van der Waals surface area contributed by atoms with E-state index in [4.69, 9.17) is 11.6 Å². The van der Waals surface area contributed by atoms with Crippen LogP contribution in [0.25, 0.3) is 10.9 Å². The van der Waals surface area contributed by atoms with Crippen molar-refractivity contribution in [3.63, 3.8) is 0 Å². The number of hydrogen-bond acceptors (Lipinski definition) is 3. The maximum atomic E-state index is 13.0. The Morgan fingerprint density at radius 2 is 1.89 bits per heavy atom. The number of hydrogen-bond donors (Lipinski definition) is 1. The third-order valence-electron chi connectivity index (χ3n) is 4.29. The van der Waals surface area contributed by atoms with Gasteiger partial charge in [0.1, 0.15) is 5.82 Å².